The van der Waals surface area contributed by atoms with E-state index in [4.69, 9.17) is 52.1 Å². The van der Waals surface area contributed by atoms with Gasteiger partial charge in [0.25, 0.3) is 0 Å². The molecule has 7 N–H and O–H groups in total. The van der Waals surface area contributed by atoms with Crippen molar-refractivity contribution in [2.45, 2.75) is 255 Å². The van der Waals surface area contributed by atoms with Gasteiger partial charge in [0, 0.05) is 17.6 Å². The van der Waals surface area contributed by atoms with E-state index in [9.17, 15) is 50.1 Å². The van der Waals surface area contributed by atoms with Gasteiger partial charge >= 0.3 is 17.9 Å². The van der Waals surface area contributed by atoms with E-state index in [2.05, 4.69) is 0 Å². The predicted molar refractivity (Wildman–Crippen MR) is 239 cm³/mol. The van der Waals surface area contributed by atoms with Crippen LogP contribution in [0.1, 0.15) is 126 Å². The van der Waals surface area contributed by atoms with Crippen LogP contribution in [-0.4, -0.2) is 189 Å². The summed E-state index contributed by atoms with van der Waals surface area (Å²) in [6.45, 7) is 11.9. The summed E-state index contributed by atoms with van der Waals surface area (Å²) in [5, 5.41) is 79.4. The molecular weight excluding hydrogens is 913 g/mol. The number of esters is 3. The van der Waals surface area contributed by atoms with Gasteiger partial charge in [0.15, 0.2) is 49.6 Å². The molecule has 0 aromatic heterocycles. The van der Waals surface area contributed by atoms with Crippen LogP contribution in [-0.2, 0) is 66.5 Å². The first-order valence-corrected chi connectivity index (χ1v) is 24.7. The molecule has 0 spiro atoms. The highest BCUT2D eigenvalue weighted by molar-refractivity contribution is 5.88. The Labute approximate surface area is 404 Å². The third-order valence-corrected chi connectivity index (χ3v) is 13.6. The van der Waals surface area contributed by atoms with E-state index in [-0.39, 0.29) is 23.7 Å². The molecule has 0 aromatic rings. The van der Waals surface area contributed by atoms with Crippen molar-refractivity contribution in [3.8, 4) is 0 Å². The van der Waals surface area contributed by atoms with Gasteiger partial charge in [-0.3, -0.25) is 4.79 Å². The topological polar surface area (TPSA) is 294 Å². The fourth-order valence-electron chi connectivity index (χ4n) is 9.05. The highest BCUT2D eigenvalue weighted by Crippen LogP contribution is 2.38. The lowest BCUT2D eigenvalue weighted by Gasteiger charge is -2.50. The Morgan fingerprint density at radius 1 is 0.594 bits per heavy atom. The van der Waals surface area contributed by atoms with Crippen molar-refractivity contribution in [2.24, 2.45) is 0 Å². The van der Waals surface area contributed by atoms with Crippen molar-refractivity contribution in [1.29, 1.82) is 0 Å². The second-order valence-corrected chi connectivity index (χ2v) is 18.8. The number of allylic oxidation sites excluding steroid dienone is 2. The second kappa shape index (κ2) is 26.8. The number of carbonyl (C=O) groups is 3. The molecule has 0 radical (unpaired) electrons. The molecule has 21 atom stereocenters. The molecule has 69 heavy (non-hydrogen) atoms. The summed E-state index contributed by atoms with van der Waals surface area (Å²) < 4.78 is 67.2. The Morgan fingerprint density at radius 2 is 1.17 bits per heavy atom. The van der Waals surface area contributed by atoms with Gasteiger partial charge in [-0.1, -0.05) is 64.0 Å². The van der Waals surface area contributed by atoms with Gasteiger partial charge in [-0.2, -0.15) is 0 Å². The van der Waals surface area contributed by atoms with Gasteiger partial charge in [0.05, 0.1) is 31.0 Å². The van der Waals surface area contributed by atoms with E-state index in [1.807, 2.05) is 6.92 Å². The summed E-state index contributed by atoms with van der Waals surface area (Å²) in [6.07, 6.45) is -20.4. The Hall–Kier alpha value is -2.71. The molecule has 5 aliphatic rings. The zero-order valence-corrected chi connectivity index (χ0v) is 41.1. The molecule has 0 saturated carbocycles. The standard InChI is InChI=1S/C48H78O21/c1-9-19-28-20-17-15-13-12-14-16-18-21-30(50)64-39-32(52)29(22-49)63-48(68-40-33(53)31(51)25(6)59-46(40)62-28)42(39)69-47-41(66-44(58)24(5)11-3)36(56)38(27(8)61-47)67-45-35(55)34(54)37(26(7)60-45)65-43(57)23(4)10-2/h10-11,25-29,31-42,45-49,51-56H,9,12-22H2,1-8H3/b23-10-,24-11+/t25-,26-,27+,28+,29-,31-,32-,33+,34-,35-,36-,37+,38+,39+,40-,41-,42-,45+,46+,47+,48+/m1/s1. The lowest BCUT2D eigenvalue weighted by molar-refractivity contribution is -0.399. The minimum Gasteiger partial charge on any atom is -0.456 e. The van der Waals surface area contributed by atoms with Crippen molar-refractivity contribution in [3.05, 3.63) is 23.3 Å². The first-order valence-electron chi connectivity index (χ1n) is 24.7. The summed E-state index contributed by atoms with van der Waals surface area (Å²) >= 11 is 0. The fourth-order valence-corrected chi connectivity index (χ4v) is 9.05. The maximum Gasteiger partial charge on any atom is 0.333 e. The average Bonchev–Trinajstić information content (AvgIpc) is 3.32. The van der Waals surface area contributed by atoms with Crippen LogP contribution in [0.4, 0.5) is 0 Å². The number of hydrogen-bond acceptors (Lipinski definition) is 21. The molecule has 0 aromatic carbocycles. The van der Waals surface area contributed by atoms with Crippen LogP contribution >= 0.6 is 0 Å². The van der Waals surface area contributed by atoms with Gasteiger partial charge < -0.3 is 87.9 Å². The molecule has 21 heteroatoms. The van der Waals surface area contributed by atoms with Crippen LogP contribution in [0, 0.1) is 0 Å². The predicted octanol–water partition coefficient (Wildman–Crippen LogP) is 1.64. The maximum absolute atomic E-state index is 13.6. The van der Waals surface area contributed by atoms with Gasteiger partial charge in [-0.15, -0.1) is 0 Å². The van der Waals surface area contributed by atoms with E-state index in [0.717, 1.165) is 44.9 Å². The van der Waals surface area contributed by atoms with Crippen LogP contribution in [0.25, 0.3) is 0 Å². The summed E-state index contributed by atoms with van der Waals surface area (Å²) in [6, 6.07) is 0. The molecule has 5 saturated heterocycles. The molecule has 5 aliphatic heterocycles. The van der Waals surface area contributed by atoms with Crippen LogP contribution in [0.3, 0.4) is 0 Å². The molecule has 0 aliphatic carbocycles. The van der Waals surface area contributed by atoms with E-state index in [1.54, 1.807) is 20.8 Å². The number of aliphatic hydroxyl groups is 7. The second-order valence-electron chi connectivity index (χ2n) is 18.8. The van der Waals surface area contributed by atoms with Gasteiger partial charge in [0.2, 0.25) is 0 Å². The minimum atomic E-state index is -1.86. The molecular formula is C48H78O21. The number of carbonyl (C=O) groups excluding carboxylic acids is 3. The lowest BCUT2D eigenvalue weighted by atomic mass is 9.95. The fraction of sp³-hybridized carbons (Fsp3) is 0.854. The molecule has 0 unspecified atom stereocenters. The molecule has 0 amide bonds. The summed E-state index contributed by atoms with van der Waals surface area (Å²) in [7, 11) is 0. The lowest BCUT2D eigenvalue weighted by Crippen LogP contribution is -2.68. The number of rotatable bonds is 11. The zero-order valence-electron chi connectivity index (χ0n) is 41.1. The molecule has 2 bridgehead atoms. The maximum atomic E-state index is 13.6. The van der Waals surface area contributed by atoms with E-state index < -0.39 is 147 Å². The third kappa shape index (κ3) is 14.5. The normalized spacial score (nSPS) is 42.7. The Balaban J connectivity index is 1.51. The quantitative estimate of drug-likeness (QED) is 0.0880. The first kappa shape index (κ1) is 57.2. The van der Waals surface area contributed by atoms with Crippen molar-refractivity contribution < 1.29 is 102 Å². The van der Waals surface area contributed by atoms with E-state index in [1.165, 1.54) is 39.8 Å². The SMILES string of the molecule is C/C=C(/C)C(=O)O[C@@H]1[C@H](O)[C@@H](O)[C@H](O[C@@H]2[C@@H](O)[C@@H](OC(=O)/C(C)=C/C)[C@H](O[C@H]3[C@@H]4O[C@H]5[C@H](O[C@@H](CCC)CCCCCCCCCC(=O)O[C@H]3[C@H](O)[C@@H](CO)O4)O[C@H](C)[C@@H](O)[C@@H]5O)O[C@H]2C)O[C@@H]1C. The van der Waals surface area contributed by atoms with E-state index >= 15 is 0 Å². The summed E-state index contributed by atoms with van der Waals surface area (Å²) in [5.74, 6) is -2.39. The number of hydrogen-bond donors (Lipinski definition) is 7. The summed E-state index contributed by atoms with van der Waals surface area (Å²) in [4.78, 5) is 39.7. The van der Waals surface area contributed by atoms with Crippen LogP contribution < -0.4 is 0 Å². The number of ether oxygens (including phenoxy) is 11. The van der Waals surface area contributed by atoms with Crippen molar-refractivity contribution >= 4 is 17.9 Å². The van der Waals surface area contributed by atoms with Crippen molar-refractivity contribution in [2.75, 3.05) is 6.61 Å². The molecule has 5 heterocycles. The molecule has 21 nitrogen and oxygen atoms in total. The largest absolute Gasteiger partial charge is 0.456 e. The highest BCUT2D eigenvalue weighted by atomic mass is 16.8. The molecule has 5 fully saturated rings. The van der Waals surface area contributed by atoms with Gasteiger partial charge in [-0.05, 0) is 67.7 Å². The highest BCUT2D eigenvalue weighted by Gasteiger charge is 2.57. The van der Waals surface area contributed by atoms with Crippen molar-refractivity contribution in [1.82, 2.24) is 0 Å². The third-order valence-electron chi connectivity index (χ3n) is 13.6. The van der Waals surface area contributed by atoms with Gasteiger partial charge in [-0.25, -0.2) is 9.59 Å². The Morgan fingerprint density at radius 3 is 1.80 bits per heavy atom. The Kier molecular flexibility index (Phi) is 22.2. The van der Waals surface area contributed by atoms with E-state index in [0.29, 0.717) is 19.3 Å². The molecule has 5 rings (SSSR count). The number of aliphatic hydroxyl groups excluding tert-OH is 7. The average molecular weight is 991 g/mol. The van der Waals surface area contributed by atoms with Crippen LogP contribution in [0.2, 0.25) is 0 Å². The summed E-state index contributed by atoms with van der Waals surface area (Å²) in [5.41, 5.74) is 0.374. The first-order chi connectivity index (χ1) is 32.8. The van der Waals surface area contributed by atoms with Crippen LogP contribution in [0.15, 0.2) is 23.3 Å². The number of fused-ring (bicyclic) bond motifs is 3. The van der Waals surface area contributed by atoms with Gasteiger partial charge in [0.1, 0.15) is 54.9 Å². The zero-order chi connectivity index (χ0) is 50.7. The smallest absolute Gasteiger partial charge is 0.333 e. The van der Waals surface area contributed by atoms with Crippen LogP contribution in [0.5, 0.6) is 0 Å². The Bertz CT molecular complexity index is 1690. The molecule has 396 valence electrons. The monoisotopic (exact) mass is 991 g/mol. The minimum absolute atomic E-state index is 0.0431. The van der Waals surface area contributed by atoms with Crippen molar-refractivity contribution in [3.63, 3.8) is 0 Å².